The van der Waals surface area contributed by atoms with Crippen molar-refractivity contribution in [2.75, 3.05) is 20.2 Å². The molecule has 1 aromatic heterocycles. The van der Waals surface area contributed by atoms with Gasteiger partial charge in [0.25, 0.3) is 5.89 Å². The highest BCUT2D eigenvalue weighted by molar-refractivity contribution is 5.15. The van der Waals surface area contributed by atoms with E-state index in [0.717, 1.165) is 38.2 Å². The van der Waals surface area contributed by atoms with Gasteiger partial charge >= 0.3 is 0 Å². The van der Waals surface area contributed by atoms with E-state index in [4.69, 9.17) is 9.26 Å². The van der Waals surface area contributed by atoms with E-state index in [1.165, 1.54) is 0 Å². The molecule has 0 spiro atoms. The number of methoxy groups -OCH3 is 1. The first-order valence-corrected chi connectivity index (χ1v) is 6.67. The zero-order valence-electron chi connectivity index (χ0n) is 11.3. The predicted octanol–water partition coefficient (Wildman–Crippen LogP) is 1.81. The molecule has 1 N–H and O–H groups in total. The molecule has 1 saturated heterocycles. The van der Waals surface area contributed by atoms with E-state index < -0.39 is 0 Å². The van der Waals surface area contributed by atoms with Crippen molar-refractivity contribution >= 4 is 0 Å². The van der Waals surface area contributed by atoms with Crippen LogP contribution >= 0.6 is 0 Å². The Morgan fingerprint density at radius 3 is 2.56 bits per heavy atom. The Labute approximate surface area is 107 Å². The zero-order valence-corrected chi connectivity index (χ0v) is 11.3. The third kappa shape index (κ3) is 1.86. The summed E-state index contributed by atoms with van der Waals surface area (Å²) in [5.41, 5.74) is -0.0506. The van der Waals surface area contributed by atoms with Gasteiger partial charge in [-0.3, -0.25) is 0 Å². The van der Waals surface area contributed by atoms with Gasteiger partial charge in [0.05, 0.1) is 0 Å². The van der Waals surface area contributed by atoms with E-state index in [1.54, 1.807) is 7.11 Å². The Morgan fingerprint density at radius 1 is 1.33 bits per heavy atom. The van der Waals surface area contributed by atoms with Gasteiger partial charge in [0.15, 0.2) is 5.82 Å². The Hall–Kier alpha value is -0.940. The highest BCUT2D eigenvalue weighted by Gasteiger charge is 2.50. The van der Waals surface area contributed by atoms with Crippen molar-refractivity contribution < 1.29 is 9.26 Å². The summed E-state index contributed by atoms with van der Waals surface area (Å²) in [6.45, 7) is 6.34. The highest BCUT2D eigenvalue weighted by atomic mass is 16.5. The van der Waals surface area contributed by atoms with E-state index in [1.807, 2.05) is 0 Å². The molecule has 0 radical (unpaired) electrons. The molecule has 2 heterocycles. The number of nitrogens with one attached hydrogen (secondary N) is 1. The Morgan fingerprint density at radius 2 is 2.00 bits per heavy atom. The topological polar surface area (TPSA) is 60.2 Å². The van der Waals surface area contributed by atoms with Crippen molar-refractivity contribution in [3.8, 4) is 0 Å². The van der Waals surface area contributed by atoms with E-state index >= 15 is 0 Å². The van der Waals surface area contributed by atoms with Crippen molar-refractivity contribution in [2.45, 2.75) is 44.6 Å². The molecule has 1 unspecified atom stereocenters. The summed E-state index contributed by atoms with van der Waals surface area (Å²) in [4.78, 5) is 4.60. The van der Waals surface area contributed by atoms with Crippen LogP contribution in [0.25, 0.3) is 0 Å². The average molecular weight is 251 g/mol. The molecule has 1 aliphatic heterocycles. The summed E-state index contributed by atoms with van der Waals surface area (Å²) in [5.74, 6) is 1.96. The van der Waals surface area contributed by atoms with Crippen LogP contribution < -0.4 is 5.32 Å². The lowest BCUT2D eigenvalue weighted by atomic mass is 9.92. The lowest BCUT2D eigenvalue weighted by Crippen LogP contribution is -2.41. The maximum atomic E-state index is 5.69. The minimum atomic E-state index is -0.379. The SMILES string of the molecule is COC1(c2nc(C3CC3(C)C)no2)CCNCC1. The van der Waals surface area contributed by atoms with Gasteiger partial charge in [-0.05, 0) is 37.8 Å². The fraction of sp³-hybridized carbons (Fsp3) is 0.846. The number of hydrogen-bond donors (Lipinski definition) is 1. The van der Waals surface area contributed by atoms with Crippen LogP contribution in [0.4, 0.5) is 0 Å². The van der Waals surface area contributed by atoms with Crippen LogP contribution in [0.1, 0.15) is 50.7 Å². The summed E-state index contributed by atoms with van der Waals surface area (Å²) in [6, 6.07) is 0. The number of hydrogen-bond acceptors (Lipinski definition) is 5. The fourth-order valence-electron chi connectivity index (χ4n) is 2.81. The van der Waals surface area contributed by atoms with Gasteiger partial charge in [-0.2, -0.15) is 4.98 Å². The molecule has 18 heavy (non-hydrogen) atoms. The third-order valence-electron chi connectivity index (χ3n) is 4.46. The normalized spacial score (nSPS) is 29.2. The summed E-state index contributed by atoms with van der Waals surface area (Å²) < 4.78 is 11.2. The number of piperidine rings is 1. The molecule has 2 fully saturated rings. The average Bonchev–Trinajstić information content (AvgIpc) is 2.81. The second-order valence-electron chi connectivity index (χ2n) is 6.15. The van der Waals surface area contributed by atoms with Gasteiger partial charge in [0.1, 0.15) is 5.60 Å². The minimum absolute atomic E-state index is 0.329. The molecule has 0 aromatic carbocycles. The third-order valence-corrected chi connectivity index (χ3v) is 4.46. The summed E-state index contributed by atoms with van der Waals surface area (Å²) >= 11 is 0. The van der Waals surface area contributed by atoms with Crippen molar-refractivity contribution in [2.24, 2.45) is 5.41 Å². The largest absolute Gasteiger partial charge is 0.368 e. The van der Waals surface area contributed by atoms with Crippen molar-refractivity contribution in [3.63, 3.8) is 0 Å². The molecular formula is C13H21N3O2. The van der Waals surface area contributed by atoms with E-state index in [0.29, 0.717) is 17.2 Å². The molecule has 1 saturated carbocycles. The standard InChI is InChI=1S/C13H21N3O2/c1-12(2)8-9(12)10-15-11(18-16-10)13(17-3)4-6-14-7-5-13/h9,14H,4-8H2,1-3H3. The molecule has 5 heteroatoms. The predicted molar refractivity (Wildman–Crippen MR) is 66.2 cm³/mol. The zero-order chi connectivity index (χ0) is 12.8. The first kappa shape index (κ1) is 12.1. The first-order valence-electron chi connectivity index (χ1n) is 6.67. The molecular weight excluding hydrogens is 230 g/mol. The van der Waals surface area contributed by atoms with Gasteiger partial charge in [0, 0.05) is 13.0 Å². The highest BCUT2D eigenvalue weighted by Crippen LogP contribution is 2.57. The van der Waals surface area contributed by atoms with Crippen LogP contribution in [-0.2, 0) is 10.3 Å². The molecule has 2 aliphatic rings. The van der Waals surface area contributed by atoms with Crippen molar-refractivity contribution in [1.82, 2.24) is 15.5 Å². The first-order chi connectivity index (χ1) is 8.57. The van der Waals surface area contributed by atoms with Crippen LogP contribution in [0.5, 0.6) is 0 Å². The van der Waals surface area contributed by atoms with Gasteiger partial charge < -0.3 is 14.6 Å². The van der Waals surface area contributed by atoms with Gasteiger partial charge in [-0.1, -0.05) is 19.0 Å². The fourth-order valence-corrected chi connectivity index (χ4v) is 2.81. The van der Waals surface area contributed by atoms with Crippen LogP contribution in [0, 0.1) is 5.41 Å². The molecule has 100 valence electrons. The number of ether oxygens (including phenoxy) is 1. The quantitative estimate of drug-likeness (QED) is 0.887. The van der Waals surface area contributed by atoms with Crippen LogP contribution in [0.15, 0.2) is 4.52 Å². The molecule has 0 bridgehead atoms. The molecule has 0 amide bonds. The molecule has 3 rings (SSSR count). The van der Waals surface area contributed by atoms with Gasteiger partial charge in [-0.25, -0.2) is 0 Å². The monoisotopic (exact) mass is 251 g/mol. The van der Waals surface area contributed by atoms with Crippen LogP contribution in [0.3, 0.4) is 0 Å². The maximum Gasteiger partial charge on any atom is 0.258 e. The van der Waals surface area contributed by atoms with E-state index in [-0.39, 0.29) is 5.60 Å². The minimum Gasteiger partial charge on any atom is -0.368 e. The second-order valence-corrected chi connectivity index (χ2v) is 6.15. The van der Waals surface area contributed by atoms with Gasteiger partial charge in [0.2, 0.25) is 0 Å². The number of rotatable bonds is 3. The second kappa shape index (κ2) is 4.03. The smallest absolute Gasteiger partial charge is 0.258 e. The Kier molecular flexibility index (Phi) is 2.71. The summed E-state index contributed by atoms with van der Waals surface area (Å²) in [5, 5.41) is 7.48. The van der Waals surface area contributed by atoms with E-state index in [2.05, 4.69) is 29.3 Å². The number of aromatic nitrogens is 2. The van der Waals surface area contributed by atoms with Crippen molar-refractivity contribution in [1.29, 1.82) is 0 Å². The molecule has 1 aromatic rings. The van der Waals surface area contributed by atoms with Crippen LogP contribution in [-0.4, -0.2) is 30.3 Å². The lowest BCUT2D eigenvalue weighted by molar-refractivity contribution is -0.0622. The Bertz CT molecular complexity index is 435. The van der Waals surface area contributed by atoms with Crippen LogP contribution in [0.2, 0.25) is 0 Å². The molecule has 1 aliphatic carbocycles. The summed E-state index contributed by atoms with van der Waals surface area (Å²) in [7, 11) is 1.73. The number of nitrogens with zero attached hydrogens (tertiary/aromatic N) is 2. The Balaban J connectivity index is 1.83. The summed E-state index contributed by atoms with van der Waals surface area (Å²) in [6.07, 6.45) is 2.92. The van der Waals surface area contributed by atoms with Gasteiger partial charge in [-0.15, -0.1) is 0 Å². The molecule has 1 atom stereocenters. The maximum absolute atomic E-state index is 5.69. The van der Waals surface area contributed by atoms with E-state index in [9.17, 15) is 0 Å². The lowest BCUT2D eigenvalue weighted by Gasteiger charge is -2.32. The van der Waals surface area contributed by atoms with Crippen molar-refractivity contribution in [3.05, 3.63) is 11.7 Å². The molecule has 5 nitrogen and oxygen atoms in total.